The molecule has 6 nitrogen and oxygen atoms in total. The third-order valence-corrected chi connectivity index (χ3v) is 4.73. The Kier molecular flexibility index (Phi) is 5.39. The summed E-state index contributed by atoms with van der Waals surface area (Å²) in [5, 5.41) is 24.5. The molecule has 0 aliphatic heterocycles. The number of aliphatic hydroxyl groups is 1. The maximum Gasteiger partial charge on any atom is 0.167 e. The lowest BCUT2D eigenvalue weighted by molar-refractivity contribution is 0.0134. The van der Waals surface area contributed by atoms with Gasteiger partial charge in [-0.25, -0.2) is 4.39 Å². The van der Waals surface area contributed by atoms with Crippen molar-refractivity contribution in [3.8, 4) is 0 Å². The van der Waals surface area contributed by atoms with Crippen molar-refractivity contribution in [1.29, 1.82) is 0 Å². The number of halogens is 1. The number of hydrogen-bond donors (Lipinski definition) is 3. The lowest BCUT2D eigenvalue weighted by Crippen LogP contribution is -2.31. The number of aromatic amines is 2. The van der Waals surface area contributed by atoms with Crippen molar-refractivity contribution in [3.05, 3.63) is 34.7 Å². The minimum absolute atomic E-state index is 0.0540. The molecule has 0 spiro atoms. The molecule has 7 heteroatoms. The highest BCUT2D eigenvalue weighted by Gasteiger charge is 2.29. The largest absolute Gasteiger partial charge is 0.372 e. The lowest BCUT2D eigenvalue weighted by Gasteiger charge is -2.28. The highest BCUT2D eigenvalue weighted by molar-refractivity contribution is 5.20. The summed E-state index contributed by atoms with van der Waals surface area (Å²) in [6, 6.07) is 1.89. The zero-order chi connectivity index (χ0) is 19.0. The Bertz CT molecular complexity index is 713. The minimum Gasteiger partial charge on any atom is -0.372 e. The van der Waals surface area contributed by atoms with Crippen molar-refractivity contribution in [3.63, 3.8) is 0 Å². The summed E-state index contributed by atoms with van der Waals surface area (Å²) in [6.07, 6.45) is -0.146. The first-order chi connectivity index (χ1) is 11.4. The van der Waals surface area contributed by atoms with Crippen molar-refractivity contribution < 1.29 is 9.50 Å². The van der Waals surface area contributed by atoms with Crippen molar-refractivity contribution in [1.82, 2.24) is 25.3 Å². The molecule has 2 heterocycles. The Morgan fingerprint density at radius 3 is 2.32 bits per heavy atom. The average molecular weight is 351 g/mol. The fourth-order valence-corrected chi connectivity index (χ4v) is 2.65. The highest BCUT2D eigenvalue weighted by atomic mass is 19.1. The van der Waals surface area contributed by atoms with Crippen LogP contribution in [0, 0.1) is 12.7 Å². The molecule has 0 amide bonds. The third-order valence-electron chi connectivity index (χ3n) is 4.73. The van der Waals surface area contributed by atoms with Crippen LogP contribution < -0.4 is 0 Å². The SMILES string of the molecule is Cc1n[nH]c(C(C)(C)CCN(C)C(O)c2cc(C(C)(C)C)[nH]n2)c1F. The van der Waals surface area contributed by atoms with Gasteiger partial charge in [0.25, 0.3) is 0 Å². The first kappa shape index (κ1) is 19.6. The summed E-state index contributed by atoms with van der Waals surface area (Å²) in [7, 11) is 1.83. The van der Waals surface area contributed by atoms with Crippen LogP contribution in [0.5, 0.6) is 0 Å². The fraction of sp³-hybridized carbons (Fsp3) is 0.667. The molecule has 3 N–H and O–H groups in total. The number of nitrogens with zero attached hydrogens (tertiary/aromatic N) is 3. The van der Waals surface area contributed by atoms with Gasteiger partial charge in [0.1, 0.15) is 5.69 Å². The van der Waals surface area contributed by atoms with Crippen LogP contribution in [0.25, 0.3) is 0 Å². The predicted octanol–water partition coefficient (Wildman–Crippen LogP) is 3.17. The second-order valence-corrected chi connectivity index (χ2v) is 8.44. The molecule has 2 aromatic heterocycles. The van der Waals surface area contributed by atoms with E-state index in [1.165, 1.54) is 0 Å². The van der Waals surface area contributed by atoms with Crippen LogP contribution in [0.15, 0.2) is 6.07 Å². The lowest BCUT2D eigenvalue weighted by atomic mass is 9.85. The second-order valence-electron chi connectivity index (χ2n) is 8.44. The molecule has 0 aliphatic rings. The van der Waals surface area contributed by atoms with Gasteiger partial charge in [-0.05, 0) is 26.5 Å². The van der Waals surface area contributed by atoms with Crippen LogP contribution >= 0.6 is 0 Å². The van der Waals surface area contributed by atoms with Gasteiger partial charge in [0.05, 0.1) is 11.4 Å². The summed E-state index contributed by atoms with van der Waals surface area (Å²) in [6.45, 7) is 12.4. The number of nitrogens with one attached hydrogen (secondary N) is 2. The molecule has 25 heavy (non-hydrogen) atoms. The van der Waals surface area contributed by atoms with Gasteiger partial charge in [-0.15, -0.1) is 0 Å². The normalized spacial score (nSPS) is 14.3. The maximum atomic E-state index is 14.1. The Hall–Kier alpha value is -1.73. The third kappa shape index (κ3) is 4.27. The van der Waals surface area contributed by atoms with Gasteiger partial charge in [-0.1, -0.05) is 34.6 Å². The number of aliphatic hydroxyl groups excluding tert-OH is 1. The van der Waals surface area contributed by atoms with E-state index in [4.69, 9.17) is 0 Å². The second kappa shape index (κ2) is 6.88. The molecule has 0 saturated carbocycles. The Morgan fingerprint density at radius 2 is 1.84 bits per heavy atom. The quantitative estimate of drug-likeness (QED) is 0.698. The molecule has 0 saturated heterocycles. The Balaban J connectivity index is 2.02. The summed E-state index contributed by atoms with van der Waals surface area (Å²) in [5.74, 6) is -0.282. The van der Waals surface area contributed by atoms with E-state index >= 15 is 0 Å². The molecule has 140 valence electrons. The van der Waals surface area contributed by atoms with Gasteiger partial charge in [0.2, 0.25) is 0 Å². The van der Waals surface area contributed by atoms with Crippen LogP contribution in [-0.4, -0.2) is 44.0 Å². The molecule has 2 rings (SSSR count). The van der Waals surface area contributed by atoms with E-state index in [9.17, 15) is 9.50 Å². The maximum absolute atomic E-state index is 14.1. The van der Waals surface area contributed by atoms with E-state index in [1.54, 1.807) is 6.92 Å². The van der Waals surface area contributed by atoms with Gasteiger partial charge in [0, 0.05) is 23.1 Å². The van der Waals surface area contributed by atoms with Gasteiger partial charge in [-0.2, -0.15) is 10.2 Å². The van der Waals surface area contributed by atoms with Crippen molar-refractivity contribution >= 4 is 0 Å². The molecular formula is C18H30FN5O. The Labute approximate surface area is 148 Å². The van der Waals surface area contributed by atoms with Crippen molar-refractivity contribution in [2.45, 2.75) is 65.0 Å². The van der Waals surface area contributed by atoms with Crippen LogP contribution in [0.2, 0.25) is 0 Å². The molecule has 0 aromatic carbocycles. The van der Waals surface area contributed by atoms with Crippen molar-refractivity contribution in [2.75, 3.05) is 13.6 Å². The fourth-order valence-electron chi connectivity index (χ4n) is 2.65. The van der Waals surface area contributed by atoms with Crippen molar-refractivity contribution in [2.24, 2.45) is 0 Å². The number of rotatable bonds is 6. The minimum atomic E-state index is -0.809. The van der Waals surface area contributed by atoms with Gasteiger partial charge in [0.15, 0.2) is 12.0 Å². The van der Waals surface area contributed by atoms with E-state index in [2.05, 4.69) is 41.2 Å². The summed E-state index contributed by atoms with van der Waals surface area (Å²) < 4.78 is 14.1. The first-order valence-electron chi connectivity index (χ1n) is 8.58. The first-order valence-corrected chi connectivity index (χ1v) is 8.58. The van der Waals surface area contributed by atoms with Gasteiger partial charge in [-0.3, -0.25) is 15.1 Å². The highest BCUT2D eigenvalue weighted by Crippen LogP contribution is 2.30. The molecule has 0 aliphatic carbocycles. The van der Waals surface area contributed by atoms with Crippen LogP contribution in [-0.2, 0) is 10.8 Å². The molecule has 1 atom stereocenters. The summed E-state index contributed by atoms with van der Waals surface area (Å²) in [4.78, 5) is 1.81. The average Bonchev–Trinajstić information content (AvgIpc) is 3.12. The van der Waals surface area contributed by atoms with Crippen LogP contribution in [0.4, 0.5) is 4.39 Å². The van der Waals surface area contributed by atoms with Crippen LogP contribution in [0.1, 0.15) is 70.0 Å². The van der Waals surface area contributed by atoms with Crippen LogP contribution in [0.3, 0.4) is 0 Å². The smallest absolute Gasteiger partial charge is 0.167 e. The number of aryl methyl sites for hydroxylation is 1. The molecular weight excluding hydrogens is 321 g/mol. The molecule has 2 aromatic rings. The number of hydrogen-bond acceptors (Lipinski definition) is 4. The topological polar surface area (TPSA) is 80.8 Å². The monoisotopic (exact) mass is 351 g/mol. The van der Waals surface area contributed by atoms with E-state index < -0.39 is 11.6 Å². The van der Waals surface area contributed by atoms with E-state index in [-0.39, 0.29) is 11.2 Å². The van der Waals surface area contributed by atoms with E-state index in [1.807, 2.05) is 31.9 Å². The summed E-state index contributed by atoms with van der Waals surface area (Å²) >= 11 is 0. The van der Waals surface area contributed by atoms with E-state index in [0.29, 0.717) is 30.0 Å². The van der Waals surface area contributed by atoms with Gasteiger partial charge < -0.3 is 5.11 Å². The molecule has 0 fully saturated rings. The zero-order valence-corrected chi connectivity index (χ0v) is 16.2. The molecule has 1 unspecified atom stereocenters. The molecule has 0 bridgehead atoms. The predicted molar refractivity (Wildman–Crippen MR) is 95.8 cm³/mol. The van der Waals surface area contributed by atoms with Gasteiger partial charge >= 0.3 is 0 Å². The summed E-state index contributed by atoms with van der Waals surface area (Å²) in [5.41, 5.74) is 1.98. The zero-order valence-electron chi connectivity index (χ0n) is 16.2. The molecule has 0 radical (unpaired) electrons. The number of aromatic nitrogens is 4. The Morgan fingerprint density at radius 1 is 1.20 bits per heavy atom. The number of H-pyrrole nitrogens is 2. The standard InChI is InChI=1S/C18H30FN5O/c1-11-14(19)15(23-20-11)18(5,6)8-9-24(7)16(25)12-10-13(22-21-12)17(2,3)4/h10,16,25H,8-9H2,1-7H3,(H,20,23)(H,21,22). The van der Waals surface area contributed by atoms with E-state index in [0.717, 1.165) is 5.69 Å².